The predicted molar refractivity (Wildman–Crippen MR) is 95.3 cm³/mol. The fraction of sp³-hybridized carbons (Fsp3) is 0.611. The second kappa shape index (κ2) is 10.9. The highest BCUT2D eigenvalue weighted by atomic mass is 19.4. The number of unbranched alkanes of at least 4 members (excludes halogenated alkanes) is 1. The molecule has 26 heavy (non-hydrogen) atoms. The van der Waals surface area contributed by atoms with Gasteiger partial charge < -0.3 is 20.3 Å². The molecule has 1 rings (SSSR count). The first-order valence-electron chi connectivity index (χ1n) is 8.72. The fourth-order valence-electron chi connectivity index (χ4n) is 2.10. The molecule has 0 aromatic heterocycles. The SMILES string of the molecule is CC(C)N(C)CCCCNC(=O)NCCOc1cccc(C(F)(F)F)c1. The number of alkyl halides is 3. The lowest BCUT2D eigenvalue weighted by atomic mass is 10.2. The molecule has 0 atom stereocenters. The van der Waals surface area contributed by atoms with Crippen LogP contribution in [0.15, 0.2) is 24.3 Å². The van der Waals surface area contributed by atoms with Gasteiger partial charge in [0.15, 0.2) is 0 Å². The van der Waals surface area contributed by atoms with E-state index in [0.29, 0.717) is 12.6 Å². The van der Waals surface area contributed by atoms with E-state index in [1.54, 1.807) is 0 Å². The van der Waals surface area contributed by atoms with Gasteiger partial charge in [0.05, 0.1) is 12.1 Å². The number of nitrogens with one attached hydrogen (secondary N) is 2. The summed E-state index contributed by atoms with van der Waals surface area (Å²) in [4.78, 5) is 13.8. The zero-order valence-electron chi connectivity index (χ0n) is 15.5. The molecule has 1 aromatic carbocycles. The minimum atomic E-state index is -4.40. The molecule has 0 spiro atoms. The molecule has 0 saturated carbocycles. The van der Waals surface area contributed by atoms with Crippen LogP contribution in [0.5, 0.6) is 5.75 Å². The normalized spacial score (nSPS) is 11.7. The number of hydrogen-bond acceptors (Lipinski definition) is 3. The maximum atomic E-state index is 12.6. The first-order chi connectivity index (χ1) is 12.2. The Kier molecular flexibility index (Phi) is 9.26. The van der Waals surface area contributed by atoms with Gasteiger partial charge in [0, 0.05) is 12.6 Å². The average Bonchev–Trinajstić information content (AvgIpc) is 2.57. The van der Waals surface area contributed by atoms with E-state index >= 15 is 0 Å². The zero-order chi connectivity index (χ0) is 19.6. The molecule has 0 aliphatic rings. The van der Waals surface area contributed by atoms with E-state index in [-0.39, 0.29) is 24.9 Å². The highest BCUT2D eigenvalue weighted by Crippen LogP contribution is 2.31. The molecule has 148 valence electrons. The minimum absolute atomic E-state index is 0.0912. The van der Waals surface area contributed by atoms with Crippen molar-refractivity contribution in [2.24, 2.45) is 0 Å². The van der Waals surface area contributed by atoms with Crippen LogP contribution in [0.2, 0.25) is 0 Å². The molecule has 0 unspecified atom stereocenters. The van der Waals surface area contributed by atoms with Crippen molar-refractivity contribution >= 4 is 6.03 Å². The van der Waals surface area contributed by atoms with Crippen molar-refractivity contribution in [2.45, 2.75) is 38.9 Å². The molecule has 8 heteroatoms. The molecule has 0 aliphatic carbocycles. The lowest BCUT2D eigenvalue weighted by molar-refractivity contribution is -0.137. The van der Waals surface area contributed by atoms with Crippen molar-refractivity contribution in [1.82, 2.24) is 15.5 Å². The van der Waals surface area contributed by atoms with E-state index in [2.05, 4.69) is 36.4 Å². The van der Waals surface area contributed by atoms with E-state index < -0.39 is 11.7 Å². The van der Waals surface area contributed by atoms with Gasteiger partial charge in [0.1, 0.15) is 12.4 Å². The molecule has 0 aliphatic heterocycles. The maximum absolute atomic E-state index is 12.6. The summed E-state index contributed by atoms with van der Waals surface area (Å²) in [5, 5.41) is 5.35. The van der Waals surface area contributed by atoms with E-state index in [1.165, 1.54) is 12.1 Å². The summed E-state index contributed by atoms with van der Waals surface area (Å²) in [5.74, 6) is 0.122. The highest BCUT2D eigenvalue weighted by Gasteiger charge is 2.30. The number of carbonyl (C=O) groups is 1. The standard InChI is InChI=1S/C18H28F3N3O2/c1-14(2)24(3)11-5-4-9-22-17(25)23-10-12-26-16-8-6-7-15(13-16)18(19,20)21/h6-8,13-14H,4-5,9-12H2,1-3H3,(H2,22,23,25). The third-order valence-electron chi connectivity index (χ3n) is 3.92. The summed E-state index contributed by atoms with van der Waals surface area (Å²) >= 11 is 0. The van der Waals surface area contributed by atoms with Gasteiger partial charge in [-0.1, -0.05) is 6.07 Å². The van der Waals surface area contributed by atoms with Crippen LogP contribution in [0, 0.1) is 0 Å². The number of carbonyl (C=O) groups excluding carboxylic acids is 1. The van der Waals surface area contributed by atoms with E-state index in [4.69, 9.17) is 4.74 Å². The van der Waals surface area contributed by atoms with Crippen LogP contribution in [0.25, 0.3) is 0 Å². The Hall–Kier alpha value is -1.96. The van der Waals surface area contributed by atoms with Gasteiger partial charge in [-0.2, -0.15) is 13.2 Å². The van der Waals surface area contributed by atoms with Crippen LogP contribution in [-0.2, 0) is 6.18 Å². The van der Waals surface area contributed by atoms with E-state index in [1.807, 2.05) is 0 Å². The third-order valence-corrected chi connectivity index (χ3v) is 3.92. The van der Waals surface area contributed by atoms with Gasteiger partial charge >= 0.3 is 12.2 Å². The Morgan fingerprint density at radius 2 is 1.88 bits per heavy atom. The monoisotopic (exact) mass is 375 g/mol. The predicted octanol–water partition coefficient (Wildman–Crippen LogP) is 3.50. The molecule has 0 radical (unpaired) electrons. The highest BCUT2D eigenvalue weighted by molar-refractivity contribution is 5.73. The molecule has 1 aromatic rings. The van der Waals surface area contributed by atoms with Crippen molar-refractivity contribution in [1.29, 1.82) is 0 Å². The minimum Gasteiger partial charge on any atom is -0.492 e. The van der Waals surface area contributed by atoms with Gasteiger partial charge in [0.25, 0.3) is 0 Å². The Morgan fingerprint density at radius 1 is 1.19 bits per heavy atom. The van der Waals surface area contributed by atoms with Crippen molar-refractivity contribution in [3.63, 3.8) is 0 Å². The smallest absolute Gasteiger partial charge is 0.416 e. The summed E-state index contributed by atoms with van der Waals surface area (Å²) in [6, 6.07) is 4.85. The number of urea groups is 1. The number of ether oxygens (including phenoxy) is 1. The van der Waals surface area contributed by atoms with E-state index in [9.17, 15) is 18.0 Å². The van der Waals surface area contributed by atoms with Crippen LogP contribution in [0.1, 0.15) is 32.3 Å². The van der Waals surface area contributed by atoms with Crippen molar-refractivity contribution in [3.05, 3.63) is 29.8 Å². The van der Waals surface area contributed by atoms with Gasteiger partial charge in [0.2, 0.25) is 0 Å². The van der Waals surface area contributed by atoms with Gasteiger partial charge in [-0.15, -0.1) is 0 Å². The first kappa shape index (κ1) is 22.1. The summed E-state index contributed by atoms with van der Waals surface area (Å²) in [6.45, 7) is 6.12. The topological polar surface area (TPSA) is 53.6 Å². The molecule has 0 bridgehead atoms. The Balaban J connectivity index is 2.13. The Labute approximate surface area is 152 Å². The van der Waals surface area contributed by atoms with Gasteiger partial charge in [-0.25, -0.2) is 4.79 Å². The molecule has 0 fully saturated rings. The van der Waals surface area contributed by atoms with Crippen molar-refractivity contribution in [2.75, 3.05) is 33.3 Å². The van der Waals surface area contributed by atoms with Crippen molar-refractivity contribution < 1.29 is 22.7 Å². The number of hydrogen-bond donors (Lipinski definition) is 2. The summed E-state index contributed by atoms with van der Waals surface area (Å²) < 4.78 is 43.0. The van der Waals surface area contributed by atoms with E-state index in [0.717, 1.165) is 31.5 Å². The molecule has 5 nitrogen and oxygen atoms in total. The van der Waals surface area contributed by atoms with Crippen LogP contribution in [-0.4, -0.2) is 50.3 Å². The zero-order valence-corrected chi connectivity index (χ0v) is 15.5. The van der Waals surface area contributed by atoms with Gasteiger partial charge in [-0.05, 0) is 58.5 Å². The Bertz CT molecular complexity index is 551. The second-order valence-electron chi connectivity index (χ2n) is 6.34. The summed E-state index contributed by atoms with van der Waals surface area (Å²) in [6.07, 6.45) is -2.53. The van der Waals surface area contributed by atoms with Gasteiger partial charge in [-0.3, -0.25) is 0 Å². The quantitative estimate of drug-likeness (QED) is 0.616. The summed E-state index contributed by atoms with van der Waals surface area (Å²) in [5.41, 5.74) is -0.760. The lowest BCUT2D eigenvalue weighted by Gasteiger charge is -2.20. The van der Waals surface area contributed by atoms with Crippen LogP contribution in [0.3, 0.4) is 0 Å². The molecule has 2 N–H and O–H groups in total. The maximum Gasteiger partial charge on any atom is 0.416 e. The molecule has 0 heterocycles. The number of nitrogens with zero attached hydrogens (tertiary/aromatic N) is 1. The first-order valence-corrected chi connectivity index (χ1v) is 8.72. The Morgan fingerprint density at radius 3 is 2.54 bits per heavy atom. The van der Waals surface area contributed by atoms with Crippen LogP contribution < -0.4 is 15.4 Å². The van der Waals surface area contributed by atoms with Crippen molar-refractivity contribution in [3.8, 4) is 5.75 Å². The number of halogens is 3. The molecular weight excluding hydrogens is 347 g/mol. The lowest BCUT2D eigenvalue weighted by Crippen LogP contribution is -2.38. The van der Waals surface area contributed by atoms with Crippen LogP contribution in [0.4, 0.5) is 18.0 Å². The molecule has 0 saturated heterocycles. The third kappa shape index (κ3) is 8.94. The summed E-state index contributed by atoms with van der Waals surface area (Å²) in [7, 11) is 2.06. The number of benzene rings is 1. The number of amides is 2. The number of rotatable bonds is 10. The molecule has 2 amide bonds. The second-order valence-corrected chi connectivity index (χ2v) is 6.34. The fourth-order valence-corrected chi connectivity index (χ4v) is 2.10. The van der Waals surface area contributed by atoms with Crippen LogP contribution >= 0.6 is 0 Å². The largest absolute Gasteiger partial charge is 0.492 e. The average molecular weight is 375 g/mol. The molecular formula is C18H28F3N3O2.